The van der Waals surface area contributed by atoms with Crippen LogP contribution in [0.25, 0.3) is 0 Å². The van der Waals surface area contributed by atoms with Gasteiger partial charge in [-0.05, 0) is 12.8 Å². The van der Waals surface area contributed by atoms with Gasteiger partial charge >= 0.3 is 5.97 Å². The lowest BCUT2D eigenvalue weighted by molar-refractivity contribution is -0.155. The maximum atomic E-state index is 12.6. The average molecular weight is 282 g/mol. The molecule has 19 heavy (non-hydrogen) atoms. The molecule has 0 spiro atoms. The van der Waals surface area contributed by atoms with Gasteiger partial charge in [0.05, 0.1) is 0 Å². The van der Waals surface area contributed by atoms with Crippen molar-refractivity contribution in [1.82, 2.24) is 4.98 Å². The van der Waals surface area contributed by atoms with Gasteiger partial charge in [-0.3, -0.25) is 14.5 Å². The minimum Gasteiger partial charge on any atom is -0.480 e. The zero-order valence-corrected chi connectivity index (χ0v) is 11.8. The molecule has 1 aromatic rings. The molecule has 1 heterocycles. The van der Waals surface area contributed by atoms with Crippen LogP contribution in [0, 0.1) is 5.41 Å². The minimum absolute atomic E-state index is 0.336. The monoisotopic (exact) mass is 282 g/mol. The summed E-state index contributed by atoms with van der Waals surface area (Å²) in [5.41, 5.74) is -1.27. The number of hydrogen-bond acceptors (Lipinski definition) is 4. The molecule has 0 aliphatic heterocycles. The molecule has 2 rings (SSSR count). The van der Waals surface area contributed by atoms with Crippen LogP contribution in [0.1, 0.15) is 38.5 Å². The Balaban J connectivity index is 2.28. The first kappa shape index (κ1) is 14.0. The molecule has 5 nitrogen and oxygen atoms in total. The Kier molecular flexibility index (Phi) is 4.19. The van der Waals surface area contributed by atoms with Gasteiger partial charge in [0.1, 0.15) is 5.41 Å². The molecule has 1 aromatic heterocycles. The molecule has 1 saturated carbocycles. The van der Waals surface area contributed by atoms with Crippen LogP contribution in [0.15, 0.2) is 11.6 Å². The van der Waals surface area contributed by atoms with Gasteiger partial charge in [0.25, 0.3) is 0 Å². The van der Waals surface area contributed by atoms with Gasteiger partial charge < -0.3 is 5.11 Å². The van der Waals surface area contributed by atoms with E-state index in [1.54, 1.807) is 18.6 Å². The summed E-state index contributed by atoms with van der Waals surface area (Å²) in [6.07, 6.45) is 6.07. The van der Waals surface area contributed by atoms with Crippen molar-refractivity contribution in [3.63, 3.8) is 0 Å². The van der Waals surface area contributed by atoms with E-state index in [-0.39, 0.29) is 5.91 Å². The van der Waals surface area contributed by atoms with E-state index in [1.807, 2.05) is 0 Å². The summed E-state index contributed by atoms with van der Waals surface area (Å²) in [6, 6.07) is 0. The smallest absolute Gasteiger partial charge is 0.319 e. The topological polar surface area (TPSA) is 70.5 Å². The standard InChI is InChI=1S/C13H18N2O3S/c1-15(12-14-8-9-19-12)10(16)13(11(17)18)6-4-2-3-5-7-13/h8-9H,2-7H2,1H3,(H,17,18). The number of thiazole rings is 1. The van der Waals surface area contributed by atoms with Crippen LogP contribution < -0.4 is 4.90 Å². The van der Waals surface area contributed by atoms with E-state index in [0.29, 0.717) is 18.0 Å². The molecule has 1 aliphatic rings. The summed E-state index contributed by atoms with van der Waals surface area (Å²) in [5.74, 6) is -1.33. The van der Waals surface area contributed by atoms with Crippen molar-refractivity contribution in [2.75, 3.05) is 11.9 Å². The summed E-state index contributed by atoms with van der Waals surface area (Å²) in [5, 5.41) is 11.9. The second kappa shape index (κ2) is 5.69. The van der Waals surface area contributed by atoms with E-state index < -0.39 is 11.4 Å². The Bertz CT molecular complexity index is 450. The zero-order valence-electron chi connectivity index (χ0n) is 11.0. The van der Waals surface area contributed by atoms with Gasteiger partial charge in [-0.2, -0.15) is 0 Å². The van der Waals surface area contributed by atoms with Crippen molar-refractivity contribution < 1.29 is 14.7 Å². The molecule has 0 aromatic carbocycles. The molecular weight excluding hydrogens is 264 g/mol. The van der Waals surface area contributed by atoms with Crippen LogP contribution in [-0.2, 0) is 9.59 Å². The summed E-state index contributed by atoms with van der Waals surface area (Å²) in [7, 11) is 1.61. The molecule has 1 amide bonds. The van der Waals surface area contributed by atoms with Gasteiger partial charge in [0.15, 0.2) is 5.13 Å². The van der Waals surface area contributed by atoms with Crippen LogP contribution in [0.5, 0.6) is 0 Å². The quantitative estimate of drug-likeness (QED) is 0.683. The molecule has 1 N–H and O–H groups in total. The van der Waals surface area contributed by atoms with Gasteiger partial charge in [0.2, 0.25) is 5.91 Å². The number of nitrogens with zero attached hydrogens (tertiary/aromatic N) is 2. The summed E-state index contributed by atoms with van der Waals surface area (Å²) in [4.78, 5) is 29.8. The summed E-state index contributed by atoms with van der Waals surface area (Å²) >= 11 is 1.34. The lowest BCUT2D eigenvalue weighted by Crippen LogP contribution is -2.47. The lowest BCUT2D eigenvalue weighted by Gasteiger charge is -2.30. The number of carboxylic acid groups (broad SMARTS) is 1. The van der Waals surface area contributed by atoms with Crippen molar-refractivity contribution in [2.24, 2.45) is 5.41 Å². The number of carbonyl (C=O) groups excluding carboxylic acids is 1. The van der Waals surface area contributed by atoms with Crippen LogP contribution in [0.4, 0.5) is 5.13 Å². The average Bonchev–Trinajstić information content (AvgIpc) is 2.81. The molecule has 0 bridgehead atoms. The molecule has 0 radical (unpaired) electrons. The predicted molar refractivity (Wildman–Crippen MR) is 73.3 cm³/mol. The lowest BCUT2D eigenvalue weighted by atomic mass is 9.79. The van der Waals surface area contributed by atoms with Gasteiger partial charge in [-0.25, -0.2) is 4.98 Å². The van der Waals surface area contributed by atoms with Crippen molar-refractivity contribution in [2.45, 2.75) is 38.5 Å². The van der Waals surface area contributed by atoms with Gasteiger partial charge in [0, 0.05) is 18.6 Å². The van der Waals surface area contributed by atoms with Crippen molar-refractivity contribution in [3.05, 3.63) is 11.6 Å². The molecule has 0 unspecified atom stereocenters. The number of aliphatic carboxylic acids is 1. The largest absolute Gasteiger partial charge is 0.480 e. The Labute approximate surface area is 116 Å². The Morgan fingerprint density at radius 3 is 2.42 bits per heavy atom. The van der Waals surface area contributed by atoms with Crippen molar-refractivity contribution in [1.29, 1.82) is 0 Å². The molecule has 1 fully saturated rings. The van der Waals surface area contributed by atoms with E-state index in [1.165, 1.54) is 16.2 Å². The molecular formula is C13H18N2O3S. The van der Waals surface area contributed by atoms with Crippen LogP contribution in [0.3, 0.4) is 0 Å². The highest BCUT2D eigenvalue weighted by Gasteiger charge is 2.47. The fourth-order valence-corrected chi connectivity index (χ4v) is 3.25. The zero-order chi connectivity index (χ0) is 13.9. The maximum Gasteiger partial charge on any atom is 0.319 e. The third-order valence-electron chi connectivity index (χ3n) is 3.79. The van der Waals surface area contributed by atoms with Crippen LogP contribution in [-0.4, -0.2) is 29.0 Å². The minimum atomic E-state index is -1.27. The molecule has 104 valence electrons. The number of carboxylic acids is 1. The van der Waals surface area contributed by atoms with E-state index >= 15 is 0 Å². The normalized spacial score (nSPS) is 18.6. The molecule has 6 heteroatoms. The second-order valence-electron chi connectivity index (χ2n) is 4.98. The van der Waals surface area contributed by atoms with E-state index in [0.717, 1.165) is 25.7 Å². The fourth-order valence-electron chi connectivity index (χ4n) is 2.64. The Hall–Kier alpha value is -1.43. The SMILES string of the molecule is CN(C(=O)C1(C(=O)O)CCCCCC1)c1nccs1. The highest BCUT2D eigenvalue weighted by molar-refractivity contribution is 7.13. The van der Waals surface area contributed by atoms with Crippen molar-refractivity contribution in [3.8, 4) is 0 Å². The third-order valence-corrected chi connectivity index (χ3v) is 4.63. The first-order chi connectivity index (χ1) is 9.08. The second-order valence-corrected chi connectivity index (χ2v) is 5.85. The molecule has 0 saturated heterocycles. The number of carbonyl (C=O) groups is 2. The summed E-state index contributed by atoms with van der Waals surface area (Å²) in [6.45, 7) is 0. The fraction of sp³-hybridized carbons (Fsp3) is 0.615. The predicted octanol–water partition coefficient (Wildman–Crippen LogP) is 2.53. The first-order valence-corrected chi connectivity index (χ1v) is 7.37. The van der Waals surface area contributed by atoms with Crippen molar-refractivity contribution >= 4 is 28.3 Å². The highest BCUT2D eigenvalue weighted by atomic mass is 32.1. The Morgan fingerprint density at radius 2 is 1.95 bits per heavy atom. The number of amides is 1. The number of aromatic nitrogens is 1. The third kappa shape index (κ3) is 2.63. The first-order valence-electron chi connectivity index (χ1n) is 6.49. The molecule has 0 atom stereocenters. The van der Waals surface area contributed by atoms with E-state index in [4.69, 9.17) is 0 Å². The molecule has 1 aliphatic carbocycles. The number of hydrogen-bond donors (Lipinski definition) is 1. The van der Waals surface area contributed by atoms with Gasteiger partial charge in [-0.1, -0.05) is 25.7 Å². The number of rotatable bonds is 3. The van der Waals surface area contributed by atoms with Crippen LogP contribution in [0.2, 0.25) is 0 Å². The van der Waals surface area contributed by atoms with Crippen LogP contribution >= 0.6 is 11.3 Å². The highest BCUT2D eigenvalue weighted by Crippen LogP contribution is 2.38. The van der Waals surface area contributed by atoms with Gasteiger partial charge in [-0.15, -0.1) is 11.3 Å². The maximum absolute atomic E-state index is 12.6. The van der Waals surface area contributed by atoms with E-state index in [2.05, 4.69) is 4.98 Å². The summed E-state index contributed by atoms with van der Waals surface area (Å²) < 4.78 is 0. The number of anilines is 1. The van der Waals surface area contributed by atoms with E-state index in [9.17, 15) is 14.7 Å². The Morgan fingerprint density at radius 1 is 1.32 bits per heavy atom.